The Labute approximate surface area is 231 Å². The van der Waals surface area contributed by atoms with Crippen molar-refractivity contribution >= 4 is 40.8 Å². The van der Waals surface area contributed by atoms with Gasteiger partial charge in [0.15, 0.2) is 0 Å². The van der Waals surface area contributed by atoms with Crippen LogP contribution in [0.25, 0.3) is 0 Å². The Hall–Kier alpha value is -2.20. The molecule has 3 heterocycles. The first kappa shape index (κ1) is 28.8. The highest BCUT2D eigenvalue weighted by Crippen LogP contribution is 2.45. The standard InChI is InChI=1S/C29H41BN2O5S/c1-25(2,3)35-24(34)20-19-16-26(4,5)32-27(6,7)21(19)38-23(20)31-22(33)17-13-12-14-18(15-17)30-36-28(8,9)29(10,11)37-30/h12-15,32H,16H2,1-11H3,(H,31,33). The zero-order valence-electron chi connectivity index (χ0n) is 24.5. The van der Waals surface area contributed by atoms with Gasteiger partial charge in [-0.3, -0.25) is 4.79 Å². The number of rotatable bonds is 4. The average molecular weight is 541 g/mol. The fraction of sp³-hybridized carbons (Fsp3) is 0.586. The summed E-state index contributed by atoms with van der Waals surface area (Å²) in [5.41, 5.74) is 0.356. The SMILES string of the molecule is CC1(C)Cc2c(sc(NC(=O)c3cccc(B4OC(C)(C)C(C)(C)O4)c3)c2C(=O)OC(C)(C)C)C(C)(C)N1. The molecule has 2 aromatic rings. The number of hydrogen-bond donors (Lipinski definition) is 2. The van der Waals surface area contributed by atoms with Gasteiger partial charge in [-0.2, -0.15) is 0 Å². The molecule has 9 heteroatoms. The second kappa shape index (κ2) is 9.19. The lowest BCUT2D eigenvalue weighted by molar-refractivity contribution is 0.00578. The van der Waals surface area contributed by atoms with Crippen molar-refractivity contribution in [3.05, 3.63) is 45.8 Å². The summed E-state index contributed by atoms with van der Waals surface area (Å²) in [5, 5.41) is 7.21. The molecule has 0 bridgehead atoms. The molecule has 2 aliphatic heterocycles. The predicted octanol–water partition coefficient (Wildman–Crippen LogP) is 5.41. The van der Waals surface area contributed by atoms with Crippen LogP contribution in [0.5, 0.6) is 0 Å². The number of esters is 1. The molecule has 0 unspecified atom stereocenters. The molecule has 38 heavy (non-hydrogen) atoms. The lowest BCUT2D eigenvalue weighted by Gasteiger charge is -2.42. The summed E-state index contributed by atoms with van der Waals surface area (Å²) in [5.74, 6) is -0.735. The summed E-state index contributed by atoms with van der Waals surface area (Å²) in [6.45, 7) is 22.0. The van der Waals surface area contributed by atoms with E-state index in [4.69, 9.17) is 14.0 Å². The molecule has 1 amide bonds. The second-order valence-corrected chi connectivity index (χ2v) is 14.6. The van der Waals surface area contributed by atoms with Gasteiger partial charge in [-0.15, -0.1) is 11.3 Å². The summed E-state index contributed by atoms with van der Waals surface area (Å²) in [4.78, 5) is 28.1. The van der Waals surface area contributed by atoms with E-state index < -0.39 is 29.9 Å². The molecule has 1 fully saturated rings. The summed E-state index contributed by atoms with van der Waals surface area (Å²) >= 11 is 1.43. The Balaban J connectivity index is 1.69. The maximum atomic E-state index is 13.5. The van der Waals surface area contributed by atoms with E-state index in [1.54, 1.807) is 12.1 Å². The molecule has 4 rings (SSSR count). The minimum Gasteiger partial charge on any atom is -0.456 e. The summed E-state index contributed by atoms with van der Waals surface area (Å²) in [6.07, 6.45) is 0.643. The number of anilines is 1. The first-order valence-corrected chi connectivity index (χ1v) is 14.0. The van der Waals surface area contributed by atoms with Gasteiger partial charge in [0.2, 0.25) is 0 Å². The number of amides is 1. The Morgan fingerprint density at radius 2 is 1.63 bits per heavy atom. The predicted molar refractivity (Wildman–Crippen MR) is 154 cm³/mol. The smallest absolute Gasteiger partial charge is 0.456 e. The number of carbonyl (C=O) groups is 2. The Bertz CT molecular complexity index is 1260. The molecule has 0 aliphatic carbocycles. The van der Waals surface area contributed by atoms with Gasteiger partial charge < -0.3 is 24.7 Å². The van der Waals surface area contributed by atoms with Crippen LogP contribution < -0.4 is 16.1 Å². The number of thiophene rings is 1. The number of nitrogens with one attached hydrogen (secondary N) is 2. The molecule has 0 spiro atoms. The Morgan fingerprint density at radius 3 is 2.21 bits per heavy atom. The third-order valence-corrected chi connectivity index (χ3v) is 8.82. The molecule has 2 N–H and O–H groups in total. The van der Waals surface area contributed by atoms with Crippen LogP contribution in [-0.4, -0.2) is 41.3 Å². The average Bonchev–Trinajstić information content (AvgIpc) is 3.19. The van der Waals surface area contributed by atoms with E-state index in [1.807, 2.05) is 60.6 Å². The lowest BCUT2D eigenvalue weighted by Crippen LogP contribution is -2.55. The van der Waals surface area contributed by atoms with Crippen molar-refractivity contribution in [3.8, 4) is 0 Å². The Morgan fingerprint density at radius 1 is 1.03 bits per heavy atom. The van der Waals surface area contributed by atoms with Gasteiger partial charge in [0, 0.05) is 21.5 Å². The number of benzene rings is 1. The van der Waals surface area contributed by atoms with E-state index in [1.165, 1.54) is 11.3 Å². The monoisotopic (exact) mass is 540 g/mol. The van der Waals surface area contributed by atoms with Crippen LogP contribution in [0.4, 0.5) is 5.00 Å². The maximum Gasteiger partial charge on any atom is 0.494 e. The van der Waals surface area contributed by atoms with Crippen LogP contribution in [0.2, 0.25) is 0 Å². The molecule has 206 valence electrons. The minimum atomic E-state index is -0.664. The first-order chi connectivity index (χ1) is 17.2. The van der Waals surface area contributed by atoms with Gasteiger partial charge in [-0.25, -0.2) is 4.79 Å². The van der Waals surface area contributed by atoms with E-state index in [-0.39, 0.29) is 17.0 Å². The summed E-state index contributed by atoms with van der Waals surface area (Å²) in [7, 11) is -0.576. The van der Waals surface area contributed by atoms with Crippen LogP contribution in [0, 0.1) is 0 Å². The molecular weight excluding hydrogens is 499 g/mol. The molecule has 0 atom stereocenters. The fourth-order valence-electron chi connectivity index (χ4n) is 5.14. The van der Waals surface area contributed by atoms with Crippen LogP contribution in [0.15, 0.2) is 24.3 Å². The van der Waals surface area contributed by atoms with Crippen molar-refractivity contribution < 1.29 is 23.6 Å². The van der Waals surface area contributed by atoms with Crippen molar-refractivity contribution in [1.82, 2.24) is 5.32 Å². The van der Waals surface area contributed by atoms with Gasteiger partial charge in [0.05, 0.1) is 16.8 Å². The van der Waals surface area contributed by atoms with Crippen molar-refractivity contribution in [2.45, 2.75) is 110 Å². The van der Waals surface area contributed by atoms with Crippen molar-refractivity contribution in [2.24, 2.45) is 0 Å². The largest absolute Gasteiger partial charge is 0.494 e. The van der Waals surface area contributed by atoms with Gasteiger partial charge in [-0.05, 0) is 106 Å². The normalized spacial score (nSPS) is 21.1. The number of hydrogen-bond acceptors (Lipinski definition) is 7. The second-order valence-electron chi connectivity index (χ2n) is 13.6. The van der Waals surface area contributed by atoms with E-state index in [9.17, 15) is 9.59 Å². The van der Waals surface area contributed by atoms with Gasteiger partial charge in [-0.1, -0.05) is 12.1 Å². The van der Waals surface area contributed by atoms with Crippen molar-refractivity contribution in [1.29, 1.82) is 0 Å². The van der Waals surface area contributed by atoms with E-state index >= 15 is 0 Å². The molecule has 1 aromatic heterocycles. The zero-order chi connectivity index (χ0) is 28.5. The van der Waals surface area contributed by atoms with Crippen LogP contribution in [-0.2, 0) is 26.0 Å². The Kier molecular flexibility index (Phi) is 6.96. The highest BCUT2D eigenvalue weighted by atomic mass is 32.1. The van der Waals surface area contributed by atoms with Crippen LogP contribution >= 0.6 is 11.3 Å². The molecule has 1 saturated heterocycles. The fourth-order valence-corrected chi connectivity index (χ4v) is 6.40. The van der Waals surface area contributed by atoms with Crippen molar-refractivity contribution in [2.75, 3.05) is 5.32 Å². The highest BCUT2D eigenvalue weighted by Gasteiger charge is 2.51. The summed E-state index contributed by atoms with van der Waals surface area (Å²) in [6, 6.07) is 7.25. The van der Waals surface area contributed by atoms with Gasteiger partial charge in [0.1, 0.15) is 10.6 Å². The molecule has 0 radical (unpaired) electrons. The van der Waals surface area contributed by atoms with E-state index in [0.717, 1.165) is 15.9 Å². The highest BCUT2D eigenvalue weighted by molar-refractivity contribution is 7.17. The zero-order valence-corrected chi connectivity index (χ0v) is 25.4. The number of carbonyl (C=O) groups excluding carboxylic acids is 2. The molecule has 2 aliphatic rings. The van der Waals surface area contributed by atoms with E-state index in [2.05, 4.69) is 38.3 Å². The number of ether oxygens (including phenoxy) is 1. The lowest BCUT2D eigenvalue weighted by atomic mass is 9.78. The molecule has 1 aromatic carbocycles. The van der Waals surface area contributed by atoms with Crippen LogP contribution in [0.1, 0.15) is 107 Å². The topological polar surface area (TPSA) is 85.9 Å². The van der Waals surface area contributed by atoms with Crippen LogP contribution in [0.3, 0.4) is 0 Å². The molecule has 7 nitrogen and oxygen atoms in total. The van der Waals surface area contributed by atoms with Crippen molar-refractivity contribution in [3.63, 3.8) is 0 Å². The molecule has 0 saturated carbocycles. The maximum absolute atomic E-state index is 13.5. The summed E-state index contributed by atoms with van der Waals surface area (Å²) < 4.78 is 18.2. The van der Waals surface area contributed by atoms with Gasteiger partial charge in [0.25, 0.3) is 5.91 Å². The van der Waals surface area contributed by atoms with E-state index in [0.29, 0.717) is 22.5 Å². The number of fused-ring (bicyclic) bond motifs is 1. The third kappa shape index (κ3) is 5.57. The van der Waals surface area contributed by atoms with Gasteiger partial charge >= 0.3 is 13.1 Å². The quantitative estimate of drug-likeness (QED) is 0.398. The minimum absolute atomic E-state index is 0.229. The first-order valence-electron chi connectivity index (χ1n) is 13.2. The molecular formula is C29H41BN2O5S. The third-order valence-electron chi connectivity index (χ3n) is 7.35.